The van der Waals surface area contributed by atoms with Gasteiger partial charge in [0.2, 0.25) is 5.91 Å². The van der Waals surface area contributed by atoms with E-state index in [2.05, 4.69) is 5.32 Å². The van der Waals surface area contributed by atoms with Crippen molar-refractivity contribution in [2.75, 3.05) is 6.54 Å². The van der Waals surface area contributed by atoms with Gasteiger partial charge in [0.1, 0.15) is 5.76 Å². The normalized spacial score (nSPS) is 12.7. The molecule has 5 heteroatoms. The Hall–Kier alpha value is -2.27. The largest absolute Gasteiger partial charge is 0.465 e. The van der Waals surface area contributed by atoms with Crippen LogP contribution in [-0.2, 0) is 11.8 Å². The lowest BCUT2D eigenvalue weighted by Gasteiger charge is -2.11. The number of carbonyl (C=O) groups is 1. The second kappa shape index (κ2) is 6.77. The highest BCUT2D eigenvalue weighted by Gasteiger charge is 2.10. The van der Waals surface area contributed by atoms with Gasteiger partial charge in [-0.1, -0.05) is 0 Å². The fourth-order valence-corrected chi connectivity index (χ4v) is 1.90. The van der Waals surface area contributed by atoms with Crippen molar-refractivity contribution in [2.45, 2.75) is 12.5 Å². The number of nitrogens with zero attached hydrogens (tertiary/aromatic N) is 1. The smallest absolute Gasteiger partial charge is 0.244 e. The van der Waals surface area contributed by atoms with E-state index in [9.17, 15) is 9.90 Å². The van der Waals surface area contributed by atoms with Gasteiger partial charge in [0.05, 0.1) is 12.4 Å². The lowest BCUT2D eigenvalue weighted by molar-refractivity contribution is -0.116. The zero-order valence-corrected chi connectivity index (χ0v) is 11.3. The van der Waals surface area contributed by atoms with Gasteiger partial charge in [-0.3, -0.25) is 4.79 Å². The third-order valence-electron chi connectivity index (χ3n) is 2.98. The summed E-state index contributed by atoms with van der Waals surface area (Å²) >= 11 is 0. The van der Waals surface area contributed by atoms with Crippen LogP contribution >= 0.6 is 0 Å². The maximum atomic E-state index is 11.5. The highest BCUT2D eigenvalue weighted by Crippen LogP contribution is 2.15. The van der Waals surface area contributed by atoms with Gasteiger partial charge in [-0.25, -0.2) is 0 Å². The summed E-state index contributed by atoms with van der Waals surface area (Å²) in [7, 11) is 1.88. The number of hydrogen-bond donors (Lipinski definition) is 2. The van der Waals surface area contributed by atoms with Crippen LogP contribution in [0.2, 0.25) is 0 Å². The molecule has 0 aliphatic heterocycles. The second-order valence-corrected chi connectivity index (χ2v) is 4.49. The van der Waals surface area contributed by atoms with E-state index < -0.39 is 6.10 Å². The summed E-state index contributed by atoms with van der Waals surface area (Å²) < 4.78 is 6.94. The first-order chi connectivity index (χ1) is 9.66. The average Bonchev–Trinajstić information content (AvgIpc) is 3.07. The first-order valence-corrected chi connectivity index (χ1v) is 6.45. The quantitative estimate of drug-likeness (QED) is 0.790. The van der Waals surface area contributed by atoms with Crippen molar-refractivity contribution in [2.24, 2.45) is 7.05 Å². The van der Waals surface area contributed by atoms with Crippen molar-refractivity contribution in [3.05, 3.63) is 54.3 Å². The van der Waals surface area contributed by atoms with Gasteiger partial charge in [0.25, 0.3) is 0 Å². The number of amides is 1. The molecule has 2 N–H and O–H groups in total. The maximum absolute atomic E-state index is 11.5. The average molecular weight is 274 g/mol. The molecule has 0 radical (unpaired) electrons. The number of aliphatic hydroxyl groups excluding tert-OH is 1. The van der Waals surface area contributed by atoms with Crippen molar-refractivity contribution >= 4 is 12.0 Å². The first kappa shape index (κ1) is 14.1. The van der Waals surface area contributed by atoms with Gasteiger partial charge in [-0.05, 0) is 36.8 Å². The number of aryl methyl sites for hydroxylation is 1. The monoisotopic (exact) mass is 274 g/mol. The van der Waals surface area contributed by atoms with Gasteiger partial charge in [0, 0.05) is 31.6 Å². The summed E-state index contributed by atoms with van der Waals surface area (Å²) in [6.07, 6.45) is 6.33. The third kappa shape index (κ3) is 3.86. The summed E-state index contributed by atoms with van der Waals surface area (Å²) in [5.41, 5.74) is 0.838. The summed E-state index contributed by atoms with van der Waals surface area (Å²) in [6, 6.07) is 7.27. The SMILES string of the molecule is Cn1cccc1[C@H](O)CCNC(=O)/C=C/c1ccco1. The topological polar surface area (TPSA) is 67.4 Å². The van der Waals surface area contributed by atoms with Crippen LogP contribution in [0.15, 0.2) is 47.2 Å². The molecule has 2 heterocycles. The van der Waals surface area contributed by atoms with Gasteiger partial charge in [0.15, 0.2) is 0 Å². The van der Waals surface area contributed by atoms with E-state index in [1.54, 1.807) is 24.5 Å². The predicted molar refractivity (Wildman–Crippen MR) is 75.7 cm³/mol. The van der Waals surface area contributed by atoms with Crippen molar-refractivity contribution in [3.8, 4) is 0 Å². The highest BCUT2D eigenvalue weighted by molar-refractivity contribution is 5.91. The van der Waals surface area contributed by atoms with Crippen LogP contribution in [0, 0.1) is 0 Å². The van der Waals surface area contributed by atoms with Crippen LogP contribution in [0.3, 0.4) is 0 Å². The molecular weight excluding hydrogens is 256 g/mol. The van der Waals surface area contributed by atoms with Crippen molar-refractivity contribution < 1.29 is 14.3 Å². The molecule has 0 unspecified atom stereocenters. The fraction of sp³-hybridized carbons (Fsp3) is 0.267. The second-order valence-electron chi connectivity index (χ2n) is 4.49. The number of furan rings is 1. The van der Waals surface area contributed by atoms with Crippen LogP contribution in [0.1, 0.15) is 24.0 Å². The van der Waals surface area contributed by atoms with E-state index in [1.807, 2.05) is 29.9 Å². The zero-order chi connectivity index (χ0) is 14.4. The molecule has 0 aromatic carbocycles. The number of nitrogens with one attached hydrogen (secondary N) is 1. The molecule has 0 saturated carbocycles. The summed E-state index contributed by atoms with van der Waals surface area (Å²) in [5.74, 6) is 0.421. The molecule has 0 aliphatic rings. The van der Waals surface area contributed by atoms with Crippen LogP contribution in [0.4, 0.5) is 0 Å². The summed E-state index contributed by atoms with van der Waals surface area (Å²) in [5, 5.41) is 12.7. The molecule has 0 fully saturated rings. The standard InChI is InChI=1S/C15H18N2O3/c1-17-10-2-5-13(17)14(18)8-9-16-15(19)7-6-12-4-3-11-20-12/h2-7,10-11,14,18H,8-9H2,1H3,(H,16,19)/b7-6+/t14-/m1/s1. The number of aliphatic hydroxyl groups is 1. The lowest BCUT2D eigenvalue weighted by Crippen LogP contribution is -2.23. The van der Waals surface area contributed by atoms with Crippen molar-refractivity contribution in [1.29, 1.82) is 0 Å². The Labute approximate surface area is 117 Å². The first-order valence-electron chi connectivity index (χ1n) is 6.45. The molecule has 0 bridgehead atoms. The molecule has 5 nitrogen and oxygen atoms in total. The molecule has 0 aliphatic carbocycles. The Kier molecular flexibility index (Phi) is 4.79. The summed E-state index contributed by atoms with van der Waals surface area (Å²) in [4.78, 5) is 11.5. The van der Waals surface area contributed by atoms with Crippen LogP contribution in [-0.4, -0.2) is 22.1 Å². The van der Waals surface area contributed by atoms with E-state index in [-0.39, 0.29) is 5.91 Å². The van der Waals surface area contributed by atoms with Crippen LogP contribution < -0.4 is 5.32 Å². The number of aromatic nitrogens is 1. The Balaban J connectivity index is 1.73. The van der Waals surface area contributed by atoms with Crippen molar-refractivity contribution in [3.63, 3.8) is 0 Å². The molecule has 2 aromatic heterocycles. The summed E-state index contributed by atoms with van der Waals surface area (Å²) in [6.45, 7) is 0.410. The third-order valence-corrected chi connectivity index (χ3v) is 2.98. The molecule has 20 heavy (non-hydrogen) atoms. The molecule has 106 valence electrons. The molecule has 2 aromatic rings. The van der Waals surface area contributed by atoms with Crippen molar-refractivity contribution in [1.82, 2.24) is 9.88 Å². The molecular formula is C15H18N2O3. The number of rotatable bonds is 6. The minimum absolute atomic E-state index is 0.208. The minimum atomic E-state index is -0.579. The van der Waals surface area contributed by atoms with Gasteiger partial charge < -0.3 is 19.4 Å². The van der Waals surface area contributed by atoms with E-state index >= 15 is 0 Å². The van der Waals surface area contributed by atoms with Crippen LogP contribution in [0.5, 0.6) is 0 Å². The molecule has 1 amide bonds. The fourth-order valence-electron chi connectivity index (χ4n) is 1.90. The molecule has 0 saturated heterocycles. The van der Waals surface area contributed by atoms with Gasteiger partial charge >= 0.3 is 0 Å². The lowest BCUT2D eigenvalue weighted by atomic mass is 10.2. The minimum Gasteiger partial charge on any atom is -0.465 e. The van der Waals surface area contributed by atoms with Gasteiger partial charge in [-0.2, -0.15) is 0 Å². The highest BCUT2D eigenvalue weighted by atomic mass is 16.3. The van der Waals surface area contributed by atoms with E-state index in [0.717, 1.165) is 5.69 Å². The molecule has 0 spiro atoms. The number of carbonyl (C=O) groups excluding carboxylic acids is 1. The Morgan fingerprint density at radius 2 is 2.35 bits per heavy atom. The van der Waals surface area contributed by atoms with E-state index in [0.29, 0.717) is 18.7 Å². The maximum Gasteiger partial charge on any atom is 0.244 e. The van der Waals surface area contributed by atoms with E-state index in [1.165, 1.54) is 6.08 Å². The number of hydrogen-bond acceptors (Lipinski definition) is 3. The Morgan fingerprint density at radius 3 is 3.00 bits per heavy atom. The van der Waals surface area contributed by atoms with Crippen LogP contribution in [0.25, 0.3) is 6.08 Å². The zero-order valence-electron chi connectivity index (χ0n) is 11.3. The predicted octanol–water partition coefficient (Wildman–Crippen LogP) is 1.87. The van der Waals surface area contributed by atoms with Gasteiger partial charge in [-0.15, -0.1) is 0 Å². The molecule has 2 rings (SSSR count). The Morgan fingerprint density at radius 1 is 1.50 bits per heavy atom. The molecule has 1 atom stereocenters. The van der Waals surface area contributed by atoms with E-state index in [4.69, 9.17) is 4.42 Å². The Bertz CT molecular complexity index is 570.